The molecule has 0 radical (unpaired) electrons. The fourth-order valence-electron chi connectivity index (χ4n) is 4.70. The number of hydrogen-bond donors (Lipinski definition) is 3. The molecule has 0 aliphatic carbocycles. The number of benzene rings is 3. The predicted octanol–water partition coefficient (Wildman–Crippen LogP) is 4.46. The highest BCUT2D eigenvalue weighted by atomic mass is 35.5. The first-order valence-corrected chi connectivity index (χ1v) is 14.9. The summed E-state index contributed by atoms with van der Waals surface area (Å²) >= 11 is 12.2. The number of anilines is 1. The van der Waals surface area contributed by atoms with Crippen LogP contribution in [0, 0.1) is 11.7 Å². The van der Waals surface area contributed by atoms with Crippen molar-refractivity contribution in [3.05, 3.63) is 99.3 Å². The number of likely N-dealkylation sites (N-methyl/N-ethyl adjacent to an activating group) is 1. The lowest BCUT2D eigenvalue weighted by Gasteiger charge is -2.44. The monoisotopic (exact) mass is 606 g/mol. The Kier molecular flexibility index (Phi) is 9.35. The van der Waals surface area contributed by atoms with Crippen molar-refractivity contribution in [3.63, 3.8) is 0 Å². The van der Waals surface area contributed by atoms with Gasteiger partial charge in [0.25, 0.3) is 5.91 Å². The van der Waals surface area contributed by atoms with Gasteiger partial charge < -0.3 is 10.6 Å². The number of sulfonamides is 1. The van der Waals surface area contributed by atoms with Crippen LogP contribution in [0.25, 0.3) is 0 Å². The number of carbonyl (C=O) groups is 2. The van der Waals surface area contributed by atoms with Crippen LogP contribution < -0.4 is 15.4 Å². The molecular weight excluding hydrogens is 578 g/mol. The number of halogens is 3. The summed E-state index contributed by atoms with van der Waals surface area (Å²) in [6, 6.07) is 17.3. The third-order valence-corrected chi connectivity index (χ3v) is 8.56. The lowest BCUT2D eigenvalue weighted by molar-refractivity contribution is -0.122. The van der Waals surface area contributed by atoms with Crippen molar-refractivity contribution in [1.82, 2.24) is 15.5 Å². The first-order valence-electron chi connectivity index (χ1n) is 12.5. The molecule has 3 N–H and O–H groups in total. The molecule has 0 spiro atoms. The first kappa shape index (κ1) is 29.8. The number of nitrogens with zero attached hydrogens (tertiary/aromatic N) is 1. The topological polar surface area (TPSA) is 108 Å². The average molecular weight is 608 g/mol. The quantitative estimate of drug-likeness (QED) is 0.316. The van der Waals surface area contributed by atoms with Crippen molar-refractivity contribution in [2.45, 2.75) is 19.0 Å². The Labute approximate surface area is 242 Å². The molecule has 0 aromatic heterocycles. The van der Waals surface area contributed by atoms with E-state index in [9.17, 15) is 22.4 Å². The summed E-state index contributed by atoms with van der Waals surface area (Å²) in [5, 5.41) is 6.09. The van der Waals surface area contributed by atoms with Crippen molar-refractivity contribution >= 4 is 50.7 Å². The van der Waals surface area contributed by atoms with Gasteiger partial charge in [-0.3, -0.25) is 19.2 Å². The fraction of sp³-hybridized carbons (Fsp3) is 0.286. The van der Waals surface area contributed by atoms with Gasteiger partial charge in [-0.05, 0) is 60.5 Å². The van der Waals surface area contributed by atoms with Crippen molar-refractivity contribution in [2.24, 2.45) is 5.92 Å². The van der Waals surface area contributed by atoms with Crippen LogP contribution in [0.4, 0.5) is 10.1 Å². The molecule has 3 aromatic carbocycles. The van der Waals surface area contributed by atoms with Crippen molar-refractivity contribution < 1.29 is 22.4 Å². The van der Waals surface area contributed by atoms with E-state index in [1.165, 1.54) is 20.0 Å². The summed E-state index contributed by atoms with van der Waals surface area (Å²) in [6.07, 6.45) is 0. The predicted molar refractivity (Wildman–Crippen MR) is 155 cm³/mol. The molecule has 4 rings (SSSR count). The maximum absolute atomic E-state index is 14.3. The molecule has 0 saturated carbocycles. The molecule has 0 unspecified atom stereocenters. The minimum absolute atomic E-state index is 0.0749. The number of likely N-dealkylation sites (tertiary alicyclic amines) is 1. The molecule has 40 heavy (non-hydrogen) atoms. The van der Waals surface area contributed by atoms with Crippen LogP contribution in [-0.2, 0) is 14.8 Å². The molecule has 8 nitrogen and oxygen atoms in total. The van der Waals surface area contributed by atoms with E-state index < -0.39 is 33.7 Å². The van der Waals surface area contributed by atoms with Gasteiger partial charge in [-0.1, -0.05) is 47.5 Å². The largest absolute Gasteiger partial charge is 0.357 e. The number of amides is 2. The van der Waals surface area contributed by atoms with Crippen LogP contribution >= 0.6 is 23.2 Å². The second-order valence-electron chi connectivity index (χ2n) is 9.75. The average Bonchev–Trinajstić information content (AvgIpc) is 2.88. The van der Waals surface area contributed by atoms with Gasteiger partial charge in [0.15, 0.2) is 0 Å². The molecule has 1 fully saturated rings. The molecule has 1 atom stereocenters. The summed E-state index contributed by atoms with van der Waals surface area (Å²) in [7, 11) is -2.43. The number of nitrogens with one attached hydrogen (secondary N) is 3. The molecule has 2 amide bonds. The van der Waals surface area contributed by atoms with E-state index in [1.807, 2.05) is 48.5 Å². The van der Waals surface area contributed by atoms with Crippen LogP contribution in [0.1, 0.15) is 34.5 Å². The molecule has 212 valence electrons. The number of rotatable bonds is 10. The van der Waals surface area contributed by atoms with Crippen LogP contribution in [0.5, 0.6) is 0 Å². The highest BCUT2D eigenvalue weighted by Gasteiger charge is 2.36. The highest BCUT2D eigenvalue weighted by Crippen LogP contribution is 2.36. The Morgan fingerprint density at radius 1 is 0.975 bits per heavy atom. The molecule has 0 bridgehead atoms. The first-order chi connectivity index (χ1) is 18.9. The minimum atomic E-state index is -3.86. The van der Waals surface area contributed by atoms with Gasteiger partial charge in [-0.15, -0.1) is 0 Å². The van der Waals surface area contributed by atoms with Gasteiger partial charge in [0, 0.05) is 41.7 Å². The minimum Gasteiger partial charge on any atom is -0.357 e. The Balaban J connectivity index is 1.42. The van der Waals surface area contributed by atoms with Gasteiger partial charge in [-0.25, -0.2) is 12.8 Å². The Bertz CT molecular complexity index is 1440. The molecule has 1 saturated heterocycles. The van der Waals surface area contributed by atoms with Crippen LogP contribution in [0.15, 0.2) is 66.7 Å². The summed E-state index contributed by atoms with van der Waals surface area (Å²) in [5.74, 6) is -2.26. The number of hydrogen-bond acceptors (Lipinski definition) is 5. The van der Waals surface area contributed by atoms with Gasteiger partial charge >= 0.3 is 0 Å². The van der Waals surface area contributed by atoms with Crippen molar-refractivity contribution in [3.8, 4) is 0 Å². The summed E-state index contributed by atoms with van der Waals surface area (Å²) in [6.45, 7) is 2.52. The number of carbonyl (C=O) groups excluding carboxylic acids is 2. The fourth-order valence-corrected chi connectivity index (χ4v) is 6.35. The third-order valence-electron chi connectivity index (χ3n) is 6.60. The van der Waals surface area contributed by atoms with E-state index in [-0.39, 0.29) is 29.0 Å². The molecule has 1 heterocycles. The zero-order valence-electron chi connectivity index (χ0n) is 21.8. The lowest BCUT2D eigenvalue weighted by atomic mass is 9.91. The Morgan fingerprint density at radius 3 is 2.05 bits per heavy atom. The highest BCUT2D eigenvalue weighted by molar-refractivity contribution is 7.92. The van der Waals surface area contributed by atoms with Crippen LogP contribution in [-0.4, -0.2) is 57.1 Å². The maximum Gasteiger partial charge on any atom is 0.252 e. The maximum atomic E-state index is 14.3. The second-order valence-corrected chi connectivity index (χ2v) is 12.4. The summed E-state index contributed by atoms with van der Waals surface area (Å²) in [5.41, 5.74) is 1.84. The van der Waals surface area contributed by atoms with E-state index >= 15 is 0 Å². The van der Waals surface area contributed by atoms with E-state index in [0.717, 1.165) is 23.3 Å². The molecule has 1 aliphatic heterocycles. The van der Waals surface area contributed by atoms with Gasteiger partial charge in [0.05, 0.1) is 17.5 Å². The zero-order chi connectivity index (χ0) is 29.0. The summed E-state index contributed by atoms with van der Waals surface area (Å²) in [4.78, 5) is 26.4. The molecule has 1 aliphatic rings. The van der Waals surface area contributed by atoms with E-state index in [0.29, 0.717) is 23.1 Å². The normalized spacial score (nSPS) is 14.8. The SMILES string of the molecule is CNC(=O)[C@H](C)NC(=O)c1cc(F)cc(NS(=O)(=O)CC2CN(C(c3ccc(Cl)cc3)c3ccc(Cl)cc3)C2)c1. The molecular formula is C28H29Cl2FN4O4S. The van der Waals surface area contributed by atoms with Crippen LogP contribution in [0.3, 0.4) is 0 Å². The Morgan fingerprint density at radius 2 is 1.52 bits per heavy atom. The molecule has 3 aromatic rings. The third kappa shape index (κ3) is 7.51. The summed E-state index contributed by atoms with van der Waals surface area (Å²) < 4.78 is 42.6. The van der Waals surface area contributed by atoms with Crippen LogP contribution in [0.2, 0.25) is 10.0 Å². The zero-order valence-corrected chi connectivity index (χ0v) is 24.2. The van der Waals surface area contributed by atoms with Crippen molar-refractivity contribution in [2.75, 3.05) is 30.6 Å². The lowest BCUT2D eigenvalue weighted by Crippen LogP contribution is -2.51. The van der Waals surface area contributed by atoms with E-state index in [2.05, 4.69) is 20.3 Å². The van der Waals surface area contributed by atoms with Gasteiger partial charge in [0.2, 0.25) is 15.9 Å². The standard InChI is InChI=1S/C28H29Cl2FN4O4S/c1-17(27(36)32-2)33-28(37)21-11-24(31)13-25(12-21)34-40(38,39)16-18-14-35(15-18)26(19-3-7-22(29)8-4-19)20-5-9-23(30)10-6-20/h3-13,17-18,26,34H,14-16H2,1-2H3,(H,32,36)(H,33,37)/t17-/m0/s1. The Hall–Kier alpha value is -3.18. The molecule has 12 heteroatoms. The van der Waals surface area contributed by atoms with E-state index in [4.69, 9.17) is 23.2 Å². The van der Waals surface area contributed by atoms with Gasteiger partial charge in [-0.2, -0.15) is 0 Å². The van der Waals surface area contributed by atoms with Crippen molar-refractivity contribution in [1.29, 1.82) is 0 Å². The van der Waals surface area contributed by atoms with Gasteiger partial charge in [0.1, 0.15) is 11.9 Å². The van der Waals surface area contributed by atoms with E-state index in [1.54, 1.807) is 0 Å². The second kappa shape index (κ2) is 12.6. The smallest absolute Gasteiger partial charge is 0.252 e.